The molecule has 6 nitrogen and oxygen atoms in total. The van der Waals surface area contributed by atoms with E-state index < -0.39 is 6.10 Å². The average Bonchev–Trinajstić information content (AvgIpc) is 3.47. The van der Waals surface area contributed by atoms with Gasteiger partial charge in [0.2, 0.25) is 0 Å². The number of esters is 3. The van der Waals surface area contributed by atoms with Gasteiger partial charge in [0, 0.05) is 19.3 Å². The van der Waals surface area contributed by atoms with Crippen LogP contribution >= 0.6 is 0 Å². The van der Waals surface area contributed by atoms with E-state index in [1.165, 1.54) is 289 Å². The lowest BCUT2D eigenvalue weighted by molar-refractivity contribution is -0.167. The minimum atomic E-state index is -0.771. The summed E-state index contributed by atoms with van der Waals surface area (Å²) in [5.74, 6) is -0.861. The SMILES string of the molecule is CCCCCCC/C=C\C/C=C\C/C=C\CCCCCCCCCCCCC(=O)OC(COC(=O)CCCCCCCC)COC(=O)CCCCCCCCCCCCCCCCCCCCCCC/C=C\CCCCCCCCCC. The van der Waals surface area contributed by atoms with Crippen LogP contribution in [0.3, 0.4) is 0 Å². The molecule has 0 radical (unpaired) electrons. The summed E-state index contributed by atoms with van der Waals surface area (Å²) in [7, 11) is 0. The Kier molecular flexibility index (Phi) is 68.6. The third-order valence-corrected chi connectivity index (χ3v) is 16.6. The summed E-state index contributed by atoms with van der Waals surface area (Å²) in [6, 6.07) is 0. The van der Waals surface area contributed by atoms with Crippen molar-refractivity contribution in [1.29, 1.82) is 0 Å². The molecule has 480 valence electrons. The molecule has 1 atom stereocenters. The second-order valence-electron chi connectivity index (χ2n) is 24.9. The third-order valence-electron chi connectivity index (χ3n) is 16.6. The Labute approximate surface area is 511 Å². The second kappa shape index (κ2) is 70.9. The molecule has 0 rings (SSSR count). The minimum Gasteiger partial charge on any atom is -0.462 e. The normalized spacial score (nSPS) is 12.3. The summed E-state index contributed by atoms with van der Waals surface area (Å²) in [5, 5.41) is 0. The number of allylic oxidation sites excluding steroid dienone is 8. The summed E-state index contributed by atoms with van der Waals surface area (Å²) >= 11 is 0. The number of rotatable bonds is 68. The second-order valence-corrected chi connectivity index (χ2v) is 24.9. The molecule has 0 saturated heterocycles. The maximum absolute atomic E-state index is 12.9. The standard InChI is InChI=1S/C76H140O6/c1-4-7-10-13-16-18-20-22-24-26-28-30-32-34-35-36-37-38-39-40-41-43-44-46-48-50-52-54-56-58-60-63-66-69-75(78)81-72-73(71-80-74(77)68-65-62-15-12-9-6-3)82-76(79)70-67-64-61-59-57-55-53-51-49-47-45-42-33-31-29-27-25-23-21-19-17-14-11-8-5-2/h21,23,26-29,33,42,73H,4-20,22,24-25,30-32,34-41,43-72H2,1-3H3/b23-21-,28-26-,29-27-,42-33-. The van der Waals surface area contributed by atoms with Gasteiger partial charge in [-0.25, -0.2) is 0 Å². The van der Waals surface area contributed by atoms with Crippen LogP contribution in [0, 0.1) is 0 Å². The van der Waals surface area contributed by atoms with Crippen LogP contribution in [0.5, 0.6) is 0 Å². The Morgan fingerprint density at radius 3 is 0.695 bits per heavy atom. The van der Waals surface area contributed by atoms with E-state index in [1.54, 1.807) is 0 Å². The number of hydrogen-bond acceptors (Lipinski definition) is 6. The highest BCUT2D eigenvalue weighted by atomic mass is 16.6. The maximum Gasteiger partial charge on any atom is 0.306 e. The van der Waals surface area contributed by atoms with Crippen molar-refractivity contribution in [2.45, 2.75) is 406 Å². The lowest BCUT2D eigenvalue weighted by atomic mass is 10.0. The zero-order valence-corrected chi connectivity index (χ0v) is 55.3. The van der Waals surface area contributed by atoms with Crippen LogP contribution in [0.4, 0.5) is 0 Å². The molecule has 0 amide bonds. The zero-order chi connectivity index (χ0) is 59.2. The van der Waals surface area contributed by atoms with Crippen LogP contribution in [-0.2, 0) is 28.6 Å². The van der Waals surface area contributed by atoms with E-state index in [2.05, 4.69) is 69.4 Å². The molecule has 0 aliphatic carbocycles. The average molecular weight is 1150 g/mol. The summed E-state index contributed by atoms with van der Waals surface area (Å²) < 4.78 is 16.9. The first-order valence-corrected chi connectivity index (χ1v) is 36.6. The molecule has 0 aliphatic heterocycles. The van der Waals surface area contributed by atoms with E-state index in [-0.39, 0.29) is 31.1 Å². The van der Waals surface area contributed by atoms with Crippen molar-refractivity contribution in [3.05, 3.63) is 48.6 Å². The predicted octanol–water partition coefficient (Wildman–Crippen LogP) is 25.3. The van der Waals surface area contributed by atoms with Crippen molar-refractivity contribution in [3.8, 4) is 0 Å². The molecular weight excluding hydrogens is 1010 g/mol. The Bertz CT molecular complexity index is 1410. The summed E-state index contributed by atoms with van der Waals surface area (Å²) in [6.07, 6.45) is 90.6. The molecule has 0 aliphatic rings. The van der Waals surface area contributed by atoms with Crippen molar-refractivity contribution in [3.63, 3.8) is 0 Å². The summed E-state index contributed by atoms with van der Waals surface area (Å²) in [5.41, 5.74) is 0. The predicted molar refractivity (Wildman–Crippen MR) is 358 cm³/mol. The van der Waals surface area contributed by atoms with Crippen molar-refractivity contribution >= 4 is 17.9 Å². The van der Waals surface area contributed by atoms with Gasteiger partial charge in [0.1, 0.15) is 13.2 Å². The molecule has 0 bridgehead atoms. The number of ether oxygens (including phenoxy) is 3. The monoisotopic (exact) mass is 1150 g/mol. The molecule has 6 heteroatoms. The maximum atomic E-state index is 12.9. The van der Waals surface area contributed by atoms with Gasteiger partial charge in [0.05, 0.1) is 0 Å². The van der Waals surface area contributed by atoms with Crippen molar-refractivity contribution < 1.29 is 28.6 Å². The van der Waals surface area contributed by atoms with Crippen LogP contribution in [0.1, 0.15) is 400 Å². The van der Waals surface area contributed by atoms with E-state index in [4.69, 9.17) is 14.2 Å². The quantitative estimate of drug-likeness (QED) is 0.0261. The van der Waals surface area contributed by atoms with Gasteiger partial charge in [0.25, 0.3) is 0 Å². The molecule has 0 spiro atoms. The lowest BCUT2D eigenvalue weighted by Gasteiger charge is -2.18. The molecule has 0 saturated carbocycles. The highest BCUT2D eigenvalue weighted by Gasteiger charge is 2.19. The van der Waals surface area contributed by atoms with E-state index in [9.17, 15) is 14.4 Å². The highest BCUT2D eigenvalue weighted by molar-refractivity contribution is 5.71. The molecule has 1 unspecified atom stereocenters. The van der Waals surface area contributed by atoms with E-state index in [1.807, 2.05) is 0 Å². The fraction of sp³-hybridized carbons (Fsp3) is 0.855. The van der Waals surface area contributed by atoms with E-state index in [0.717, 1.165) is 70.6 Å². The topological polar surface area (TPSA) is 78.9 Å². The molecule has 82 heavy (non-hydrogen) atoms. The Balaban J connectivity index is 3.95. The number of carbonyl (C=O) groups excluding carboxylic acids is 3. The van der Waals surface area contributed by atoms with E-state index >= 15 is 0 Å². The molecule has 0 aromatic rings. The number of unbranched alkanes of at least 4 members (excludes halogenated alkanes) is 49. The molecule has 0 fully saturated rings. The smallest absolute Gasteiger partial charge is 0.306 e. The zero-order valence-electron chi connectivity index (χ0n) is 55.3. The van der Waals surface area contributed by atoms with Gasteiger partial charge in [-0.1, -0.05) is 345 Å². The van der Waals surface area contributed by atoms with Crippen molar-refractivity contribution in [2.24, 2.45) is 0 Å². The summed E-state index contributed by atoms with van der Waals surface area (Å²) in [6.45, 7) is 6.63. The van der Waals surface area contributed by atoms with Gasteiger partial charge in [-0.3, -0.25) is 14.4 Å². The Hall–Kier alpha value is -2.63. The van der Waals surface area contributed by atoms with Gasteiger partial charge in [-0.15, -0.1) is 0 Å². The molecule has 0 N–H and O–H groups in total. The lowest BCUT2D eigenvalue weighted by Crippen LogP contribution is -2.30. The third kappa shape index (κ3) is 68.2. The molecule has 0 aromatic carbocycles. The fourth-order valence-corrected chi connectivity index (χ4v) is 11.0. The molecule has 0 heterocycles. The molecule has 0 aromatic heterocycles. The van der Waals surface area contributed by atoms with Crippen molar-refractivity contribution in [1.82, 2.24) is 0 Å². The summed E-state index contributed by atoms with van der Waals surface area (Å²) in [4.78, 5) is 38.1. The van der Waals surface area contributed by atoms with Gasteiger partial charge < -0.3 is 14.2 Å². The Morgan fingerprint density at radius 2 is 0.439 bits per heavy atom. The molecular formula is C76H140O6. The van der Waals surface area contributed by atoms with Gasteiger partial charge in [-0.2, -0.15) is 0 Å². The van der Waals surface area contributed by atoms with Gasteiger partial charge in [0.15, 0.2) is 6.10 Å². The van der Waals surface area contributed by atoms with Crippen LogP contribution in [-0.4, -0.2) is 37.2 Å². The van der Waals surface area contributed by atoms with E-state index in [0.29, 0.717) is 19.3 Å². The first-order chi connectivity index (χ1) is 40.5. The van der Waals surface area contributed by atoms with Crippen molar-refractivity contribution in [2.75, 3.05) is 13.2 Å². The number of hydrogen-bond donors (Lipinski definition) is 0. The van der Waals surface area contributed by atoms with Crippen LogP contribution in [0.2, 0.25) is 0 Å². The fourth-order valence-electron chi connectivity index (χ4n) is 11.0. The van der Waals surface area contributed by atoms with Crippen LogP contribution in [0.15, 0.2) is 48.6 Å². The first-order valence-electron chi connectivity index (χ1n) is 36.6. The van der Waals surface area contributed by atoms with Crippen LogP contribution < -0.4 is 0 Å². The number of carbonyl (C=O) groups is 3. The Morgan fingerprint density at radius 1 is 0.244 bits per heavy atom. The largest absolute Gasteiger partial charge is 0.462 e. The first kappa shape index (κ1) is 79.4. The van der Waals surface area contributed by atoms with Gasteiger partial charge >= 0.3 is 17.9 Å². The minimum absolute atomic E-state index is 0.0703. The van der Waals surface area contributed by atoms with Gasteiger partial charge in [-0.05, 0) is 83.5 Å². The van der Waals surface area contributed by atoms with Crippen LogP contribution in [0.25, 0.3) is 0 Å². The highest BCUT2D eigenvalue weighted by Crippen LogP contribution is 2.18.